The third-order valence-electron chi connectivity index (χ3n) is 3.70. The van der Waals surface area contributed by atoms with Crippen LogP contribution in [0.1, 0.15) is 30.7 Å². The van der Waals surface area contributed by atoms with Crippen molar-refractivity contribution in [1.82, 2.24) is 15.6 Å². The maximum atomic E-state index is 5.66. The van der Waals surface area contributed by atoms with Crippen LogP contribution in [0.3, 0.4) is 0 Å². The molecule has 0 amide bonds. The maximum Gasteiger partial charge on any atom is 0.191 e. The monoisotopic (exact) mass is 468 g/mol. The van der Waals surface area contributed by atoms with E-state index in [0.717, 1.165) is 42.5 Å². The second-order valence-corrected chi connectivity index (χ2v) is 5.72. The lowest BCUT2D eigenvalue weighted by atomic mass is 10.2. The topological polar surface area (TPSA) is 58.5 Å². The second kappa shape index (κ2) is 12.5. The fourth-order valence-electron chi connectivity index (χ4n) is 2.41. The Kier molecular flexibility index (Phi) is 10.7. The molecule has 0 aliphatic carbocycles. The summed E-state index contributed by atoms with van der Waals surface area (Å²) < 4.78 is 5.66. The molecule has 0 radical (unpaired) electrons. The van der Waals surface area contributed by atoms with E-state index in [4.69, 9.17) is 4.74 Å². The van der Waals surface area contributed by atoms with E-state index in [2.05, 4.69) is 39.7 Å². The predicted octanol–water partition coefficient (Wildman–Crippen LogP) is 3.70. The smallest absolute Gasteiger partial charge is 0.191 e. The number of pyridine rings is 1. The van der Waals surface area contributed by atoms with Crippen molar-refractivity contribution in [3.63, 3.8) is 0 Å². The van der Waals surface area contributed by atoms with Crippen LogP contribution in [0.2, 0.25) is 0 Å². The maximum absolute atomic E-state index is 5.66. The van der Waals surface area contributed by atoms with Crippen LogP contribution in [0, 0.1) is 6.92 Å². The van der Waals surface area contributed by atoms with Gasteiger partial charge in [0.25, 0.3) is 0 Å². The molecule has 0 bridgehead atoms. The minimum atomic E-state index is 0. The van der Waals surface area contributed by atoms with Gasteiger partial charge in [0.1, 0.15) is 5.75 Å². The lowest BCUT2D eigenvalue weighted by molar-refractivity contribution is 0.336. The number of ether oxygens (including phenoxy) is 1. The van der Waals surface area contributed by atoms with Gasteiger partial charge in [-0.3, -0.25) is 4.98 Å². The summed E-state index contributed by atoms with van der Waals surface area (Å²) >= 11 is 0. The minimum Gasteiger partial charge on any atom is -0.494 e. The number of aryl methyl sites for hydroxylation is 1. The van der Waals surface area contributed by atoms with Crippen LogP contribution >= 0.6 is 24.0 Å². The molecule has 2 aromatic rings. The molecule has 0 aliphatic heterocycles. The summed E-state index contributed by atoms with van der Waals surface area (Å²) in [6.07, 6.45) is 2.84. The highest BCUT2D eigenvalue weighted by molar-refractivity contribution is 14.0. The van der Waals surface area contributed by atoms with Crippen molar-refractivity contribution < 1.29 is 4.74 Å². The van der Waals surface area contributed by atoms with Gasteiger partial charge in [0.2, 0.25) is 0 Å². The van der Waals surface area contributed by atoms with Gasteiger partial charge in [-0.05, 0) is 44.9 Å². The summed E-state index contributed by atoms with van der Waals surface area (Å²) in [4.78, 5) is 9.00. The molecule has 0 fully saturated rings. The minimum absolute atomic E-state index is 0. The van der Waals surface area contributed by atoms with Gasteiger partial charge in [-0.15, -0.1) is 24.0 Å². The van der Waals surface area contributed by atoms with Crippen molar-refractivity contribution in [3.05, 3.63) is 59.4 Å². The summed E-state index contributed by atoms with van der Waals surface area (Å²) in [6.45, 7) is 8.93. The molecule has 5 nitrogen and oxygen atoms in total. The van der Waals surface area contributed by atoms with Gasteiger partial charge < -0.3 is 15.4 Å². The molecule has 0 aliphatic rings. The third-order valence-corrected chi connectivity index (χ3v) is 3.70. The highest BCUT2D eigenvalue weighted by Crippen LogP contribution is 2.18. The number of nitrogens with one attached hydrogen (secondary N) is 2. The Morgan fingerprint density at radius 2 is 1.92 bits per heavy atom. The van der Waals surface area contributed by atoms with E-state index in [1.165, 1.54) is 5.56 Å². The molecule has 1 aromatic heterocycles. The van der Waals surface area contributed by atoms with E-state index in [0.29, 0.717) is 13.2 Å². The Bertz CT molecular complexity index is 674. The number of guanidine groups is 1. The largest absolute Gasteiger partial charge is 0.494 e. The molecular weight excluding hydrogens is 439 g/mol. The SMILES string of the molecule is CCNC(=NCc1ccccc1OCC)NCCc1ccc(C)nc1.I. The first kappa shape index (κ1) is 22.2. The number of rotatable bonds is 8. The van der Waals surface area contributed by atoms with Gasteiger partial charge in [-0.2, -0.15) is 0 Å². The molecule has 2 N–H and O–H groups in total. The molecule has 26 heavy (non-hydrogen) atoms. The Balaban J connectivity index is 0.00000338. The van der Waals surface area contributed by atoms with Crippen molar-refractivity contribution in [2.45, 2.75) is 33.7 Å². The highest BCUT2D eigenvalue weighted by atomic mass is 127. The van der Waals surface area contributed by atoms with Crippen LogP contribution < -0.4 is 15.4 Å². The van der Waals surface area contributed by atoms with Gasteiger partial charge in [0.15, 0.2) is 5.96 Å². The normalized spacial score (nSPS) is 10.8. The number of halogens is 1. The molecule has 6 heteroatoms. The molecule has 0 saturated carbocycles. The van der Waals surface area contributed by atoms with Crippen LogP contribution in [0.25, 0.3) is 0 Å². The average Bonchev–Trinajstić information content (AvgIpc) is 2.62. The van der Waals surface area contributed by atoms with E-state index < -0.39 is 0 Å². The molecule has 0 spiro atoms. The fraction of sp³-hybridized carbons (Fsp3) is 0.400. The molecule has 0 saturated heterocycles. The van der Waals surface area contributed by atoms with Gasteiger partial charge in [-0.25, -0.2) is 4.99 Å². The zero-order valence-corrected chi connectivity index (χ0v) is 18.1. The molecule has 1 heterocycles. The van der Waals surface area contributed by atoms with Crippen molar-refractivity contribution in [3.8, 4) is 5.75 Å². The number of aromatic nitrogens is 1. The predicted molar refractivity (Wildman–Crippen MR) is 119 cm³/mol. The van der Waals surface area contributed by atoms with Crippen molar-refractivity contribution >= 4 is 29.9 Å². The quantitative estimate of drug-likeness (QED) is 0.353. The average molecular weight is 468 g/mol. The number of benzene rings is 1. The highest BCUT2D eigenvalue weighted by Gasteiger charge is 2.03. The van der Waals surface area contributed by atoms with Crippen molar-refractivity contribution in [2.24, 2.45) is 4.99 Å². The van der Waals surface area contributed by atoms with Crippen LogP contribution in [0.5, 0.6) is 5.75 Å². The molecule has 0 atom stereocenters. The lowest BCUT2D eigenvalue weighted by Gasteiger charge is -2.12. The van der Waals surface area contributed by atoms with E-state index in [1.54, 1.807) is 0 Å². The lowest BCUT2D eigenvalue weighted by Crippen LogP contribution is -2.38. The van der Waals surface area contributed by atoms with E-state index in [9.17, 15) is 0 Å². The van der Waals surface area contributed by atoms with E-state index in [-0.39, 0.29) is 24.0 Å². The molecule has 2 rings (SSSR count). The number of hydrogen-bond donors (Lipinski definition) is 2. The van der Waals surface area contributed by atoms with Gasteiger partial charge >= 0.3 is 0 Å². The van der Waals surface area contributed by atoms with Crippen LogP contribution in [-0.4, -0.2) is 30.6 Å². The molecule has 142 valence electrons. The zero-order chi connectivity index (χ0) is 17.9. The zero-order valence-electron chi connectivity index (χ0n) is 15.8. The van der Waals surface area contributed by atoms with Crippen LogP contribution in [-0.2, 0) is 13.0 Å². The third kappa shape index (κ3) is 7.59. The standard InChI is InChI=1S/C20H28N4O.HI/c1-4-21-20(22-13-12-17-11-10-16(3)23-14-17)24-15-18-8-6-7-9-19(18)25-5-2;/h6-11,14H,4-5,12-13,15H2,1-3H3,(H2,21,22,24);1H. The molecule has 0 unspecified atom stereocenters. The number of nitrogens with zero attached hydrogens (tertiary/aromatic N) is 2. The molecule has 1 aromatic carbocycles. The summed E-state index contributed by atoms with van der Waals surface area (Å²) in [6, 6.07) is 12.2. The summed E-state index contributed by atoms with van der Waals surface area (Å²) in [5.74, 6) is 1.71. The van der Waals surface area contributed by atoms with Gasteiger partial charge in [0.05, 0.1) is 13.2 Å². The summed E-state index contributed by atoms with van der Waals surface area (Å²) in [5, 5.41) is 6.66. The van der Waals surface area contributed by atoms with Crippen molar-refractivity contribution in [1.29, 1.82) is 0 Å². The first-order valence-corrected chi connectivity index (χ1v) is 8.87. The fourth-order valence-corrected chi connectivity index (χ4v) is 2.41. The van der Waals surface area contributed by atoms with Crippen LogP contribution in [0.4, 0.5) is 0 Å². The first-order chi connectivity index (χ1) is 12.2. The Hall–Kier alpha value is -1.83. The first-order valence-electron chi connectivity index (χ1n) is 8.87. The summed E-state index contributed by atoms with van der Waals surface area (Å²) in [5.41, 5.74) is 3.35. The number of hydrogen-bond acceptors (Lipinski definition) is 3. The summed E-state index contributed by atoms with van der Waals surface area (Å²) in [7, 11) is 0. The van der Waals surface area contributed by atoms with E-state index >= 15 is 0 Å². The Morgan fingerprint density at radius 3 is 2.62 bits per heavy atom. The van der Waals surface area contributed by atoms with Crippen molar-refractivity contribution in [2.75, 3.05) is 19.7 Å². The van der Waals surface area contributed by atoms with Gasteiger partial charge in [0, 0.05) is 30.5 Å². The van der Waals surface area contributed by atoms with E-state index in [1.807, 2.05) is 44.3 Å². The second-order valence-electron chi connectivity index (χ2n) is 5.72. The Morgan fingerprint density at radius 1 is 1.12 bits per heavy atom. The van der Waals surface area contributed by atoms with Gasteiger partial charge in [-0.1, -0.05) is 24.3 Å². The Labute approximate surface area is 173 Å². The number of aliphatic imine (C=N–C) groups is 1. The number of para-hydroxylation sites is 1. The van der Waals surface area contributed by atoms with Crippen LogP contribution in [0.15, 0.2) is 47.6 Å². The molecular formula is C20H29IN4O.